The summed E-state index contributed by atoms with van der Waals surface area (Å²) >= 11 is 5.77. The zero-order valence-electron chi connectivity index (χ0n) is 11.5. The van der Waals surface area contributed by atoms with Gasteiger partial charge in [0.2, 0.25) is 11.8 Å². The summed E-state index contributed by atoms with van der Waals surface area (Å²) in [5.41, 5.74) is 0.653. The van der Waals surface area contributed by atoms with Gasteiger partial charge < -0.3 is 15.7 Å². The number of hydrogen-bond acceptors (Lipinski definition) is 3. The van der Waals surface area contributed by atoms with Gasteiger partial charge in [-0.1, -0.05) is 23.7 Å². The number of hydrogen-bond donors (Lipinski definition) is 3. The van der Waals surface area contributed by atoms with Crippen molar-refractivity contribution >= 4 is 23.4 Å². The van der Waals surface area contributed by atoms with Gasteiger partial charge in [0, 0.05) is 11.6 Å². The van der Waals surface area contributed by atoms with Gasteiger partial charge >= 0.3 is 0 Å². The lowest BCUT2D eigenvalue weighted by molar-refractivity contribution is -0.130. The van der Waals surface area contributed by atoms with E-state index in [4.69, 9.17) is 11.6 Å². The molecular weight excluding hydrogens is 280 g/mol. The van der Waals surface area contributed by atoms with Gasteiger partial charge in [0.05, 0.1) is 12.1 Å². The SMILES string of the molecule is CCNC(=O)CC(=O)NC(C)C(O)c1ccc(Cl)cc1. The molecule has 20 heavy (non-hydrogen) atoms. The first-order valence-corrected chi connectivity index (χ1v) is 6.81. The fourth-order valence-electron chi connectivity index (χ4n) is 1.74. The summed E-state index contributed by atoms with van der Waals surface area (Å²) in [6.45, 7) is 3.94. The molecule has 0 bridgehead atoms. The molecule has 0 heterocycles. The first-order valence-electron chi connectivity index (χ1n) is 6.43. The number of halogens is 1. The molecule has 2 unspecified atom stereocenters. The maximum atomic E-state index is 11.6. The van der Waals surface area contributed by atoms with Crippen LogP contribution >= 0.6 is 11.6 Å². The van der Waals surface area contributed by atoms with E-state index in [1.54, 1.807) is 38.1 Å². The standard InChI is InChI=1S/C14H19ClN2O3/c1-3-16-12(18)8-13(19)17-9(2)14(20)10-4-6-11(15)7-5-10/h4-7,9,14,20H,3,8H2,1-2H3,(H,16,18)(H,17,19). The van der Waals surface area contributed by atoms with Gasteiger partial charge in [-0.05, 0) is 31.5 Å². The summed E-state index contributed by atoms with van der Waals surface area (Å²) < 4.78 is 0. The second-order valence-electron chi connectivity index (χ2n) is 4.48. The third kappa shape index (κ3) is 5.19. The van der Waals surface area contributed by atoms with Crippen LogP contribution in [0.5, 0.6) is 0 Å². The Morgan fingerprint density at radius 2 is 1.85 bits per heavy atom. The van der Waals surface area contributed by atoms with Crippen molar-refractivity contribution in [2.75, 3.05) is 6.54 Å². The molecule has 0 aliphatic rings. The fourth-order valence-corrected chi connectivity index (χ4v) is 1.86. The molecule has 110 valence electrons. The van der Waals surface area contributed by atoms with E-state index in [1.165, 1.54) is 0 Å². The minimum atomic E-state index is -0.856. The molecule has 2 atom stereocenters. The largest absolute Gasteiger partial charge is 0.386 e. The Labute approximate surface area is 123 Å². The Morgan fingerprint density at radius 3 is 2.40 bits per heavy atom. The number of rotatable bonds is 6. The summed E-state index contributed by atoms with van der Waals surface area (Å²) in [6, 6.07) is 6.23. The lowest BCUT2D eigenvalue weighted by Gasteiger charge is -2.20. The molecule has 0 saturated carbocycles. The van der Waals surface area contributed by atoms with Gasteiger partial charge in [-0.25, -0.2) is 0 Å². The normalized spacial score (nSPS) is 13.4. The topological polar surface area (TPSA) is 78.4 Å². The van der Waals surface area contributed by atoms with Crippen LogP contribution in [0, 0.1) is 0 Å². The third-order valence-electron chi connectivity index (χ3n) is 2.77. The molecule has 0 radical (unpaired) electrons. The monoisotopic (exact) mass is 298 g/mol. The number of carbonyl (C=O) groups excluding carboxylic acids is 2. The van der Waals surface area contributed by atoms with Crippen LogP contribution in [0.15, 0.2) is 24.3 Å². The van der Waals surface area contributed by atoms with Crippen molar-refractivity contribution in [1.29, 1.82) is 0 Å². The third-order valence-corrected chi connectivity index (χ3v) is 3.02. The van der Waals surface area contributed by atoms with Crippen LogP contribution in [0.4, 0.5) is 0 Å². The smallest absolute Gasteiger partial charge is 0.229 e. The first kappa shape index (κ1) is 16.5. The molecule has 1 aromatic rings. The number of aliphatic hydroxyl groups is 1. The average molecular weight is 299 g/mol. The molecule has 3 N–H and O–H groups in total. The van der Waals surface area contributed by atoms with Gasteiger partial charge in [0.15, 0.2) is 0 Å². The maximum Gasteiger partial charge on any atom is 0.229 e. The Kier molecular flexibility index (Phi) is 6.48. The lowest BCUT2D eigenvalue weighted by Crippen LogP contribution is -2.39. The molecular formula is C14H19ClN2O3. The van der Waals surface area contributed by atoms with Crippen LogP contribution in [-0.4, -0.2) is 29.5 Å². The van der Waals surface area contributed by atoms with Gasteiger partial charge in [-0.3, -0.25) is 9.59 Å². The summed E-state index contributed by atoms with van der Waals surface area (Å²) in [5, 5.41) is 15.8. The first-order chi connectivity index (χ1) is 9.43. The number of nitrogens with one attached hydrogen (secondary N) is 2. The molecule has 2 amide bonds. The predicted molar refractivity (Wildman–Crippen MR) is 77.3 cm³/mol. The summed E-state index contributed by atoms with van der Waals surface area (Å²) in [6.07, 6.45) is -1.10. The van der Waals surface area contributed by atoms with Crippen LogP contribution in [0.25, 0.3) is 0 Å². The summed E-state index contributed by atoms with van der Waals surface area (Å²) in [7, 11) is 0. The molecule has 0 aliphatic heterocycles. The number of amides is 2. The molecule has 6 heteroatoms. The van der Waals surface area contributed by atoms with Crippen molar-refractivity contribution in [2.24, 2.45) is 0 Å². The van der Waals surface area contributed by atoms with Crippen LogP contribution in [0.3, 0.4) is 0 Å². The van der Waals surface area contributed by atoms with E-state index in [1.807, 2.05) is 0 Å². The molecule has 0 fully saturated rings. The quantitative estimate of drug-likeness (QED) is 0.695. The highest BCUT2D eigenvalue weighted by Crippen LogP contribution is 2.19. The van der Waals surface area contributed by atoms with E-state index in [2.05, 4.69) is 10.6 Å². The van der Waals surface area contributed by atoms with Crippen LogP contribution in [0.1, 0.15) is 31.9 Å². The highest BCUT2D eigenvalue weighted by atomic mass is 35.5. The second-order valence-corrected chi connectivity index (χ2v) is 4.92. The average Bonchev–Trinajstić information content (AvgIpc) is 2.38. The minimum Gasteiger partial charge on any atom is -0.386 e. The summed E-state index contributed by atoms with van der Waals surface area (Å²) in [5.74, 6) is -0.755. The van der Waals surface area contributed by atoms with Crippen LogP contribution in [-0.2, 0) is 9.59 Å². The molecule has 0 spiro atoms. The van der Waals surface area contributed by atoms with Gasteiger partial charge in [0.1, 0.15) is 6.42 Å². The minimum absolute atomic E-state index is 0.245. The van der Waals surface area contributed by atoms with Crippen molar-refractivity contribution in [1.82, 2.24) is 10.6 Å². The summed E-state index contributed by atoms with van der Waals surface area (Å²) in [4.78, 5) is 22.9. The van der Waals surface area contributed by atoms with Crippen molar-refractivity contribution in [3.8, 4) is 0 Å². The molecule has 0 aliphatic carbocycles. The van der Waals surface area contributed by atoms with Crippen molar-refractivity contribution in [3.05, 3.63) is 34.9 Å². The van der Waals surface area contributed by atoms with Crippen molar-refractivity contribution in [2.45, 2.75) is 32.4 Å². The van der Waals surface area contributed by atoms with E-state index in [0.29, 0.717) is 17.1 Å². The van der Waals surface area contributed by atoms with E-state index in [9.17, 15) is 14.7 Å². The molecule has 0 saturated heterocycles. The second kappa shape index (κ2) is 7.87. The van der Waals surface area contributed by atoms with E-state index in [-0.39, 0.29) is 12.3 Å². The number of carbonyl (C=O) groups is 2. The zero-order valence-corrected chi connectivity index (χ0v) is 12.3. The molecule has 1 aromatic carbocycles. The predicted octanol–water partition coefficient (Wildman–Crippen LogP) is 1.40. The van der Waals surface area contributed by atoms with Crippen molar-refractivity contribution < 1.29 is 14.7 Å². The highest BCUT2D eigenvalue weighted by Gasteiger charge is 2.19. The zero-order chi connectivity index (χ0) is 15.1. The lowest BCUT2D eigenvalue weighted by atomic mass is 10.0. The number of aliphatic hydroxyl groups excluding tert-OH is 1. The fraction of sp³-hybridized carbons (Fsp3) is 0.429. The van der Waals surface area contributed by atoms with Crippen LogP contribution < -0.4 is 10.6 Å². The van der Waals surface area contributed by atoms with Gasteiger partial charge in [0.25, 0.3) is 0 Å². The van der Waals surface area contributed by atoms with Gasteiger partial charge in [-0.2, -0.15) is 0 Å². The Hall–Kier alpha value is -1.59. The molecule has 5 nitrogen and oxygen atoms in total. The van der Waals surface area contributed by atoms with Gasteiger partial charge in [-0.15, -0.1) is 0 Å². The highest BCUT2D eigenvalue weighted by molar-refractivity contribution is 6.30. The Bertz CT molecular complexity index is 462. The van der Waals surface area contributed by atoms with E-state index in [0.717, 1.165) is 0 Å². The number of benzene rings is 1. The van der Waals surface area contributed by atoms with Crippen LogP contribution in [0.2, 0.25) is 5.02 Å². The Balaban J connectivity index is 2.53. The maximum absolute atomic E-state index is 11.6. The van der Waals surface area contributed by atoms with E-state index < -0.39 is 18.1 Å². The molecule has 1 rings (SSSR count). The van der Waals surface area contributed by atoms with Crippen molar-refractivity contribution in [3.63, 3.8) is 0 Å². The Morgan fingerprint density at radius 1 is 1.25 bits per heavy atom. The van der Waals surface area contributed by atoms with E-state index >= 15 is 0 Å². The molecule has 0 aromatic heterocycles.